The fraction of sp³-hybridized carbons (Fsp3) is 0.500. The summed E-state index contributed by atoms with van der Waals surface area (Å²) in [5.74, 6) is -0.674. The van der Waals surface area contributed by atoms with Crippen LogP contribution in [0, 0.1) is 5.82 Å². The molecule has 4 N–H and O–H groups in total. The van der Waals surface area contributed by atoms with Crippen molar-refractivity contribution in [1.29, 1.82) is 0 Å². The smallest absolute Gasteiger partial charge is 0.238 e. The number of rotatable bonds is 3. The summed E-state index contributed by atoms with van der Waals surface area (Å²) >= 11 is 0. The second-order valence-corrected chi connectivity index (χ2v) is 5.55. The molecule has 1 aliphatic heterocycles. The van der Waals surface area contributed by atoms with Crippen molar-refractivity contribution < 1.29 is 14.3 Å². The van der Waals surface area contributed by atoms with Gasteiger partial charge in [-0.25, -0.2) is 4.39 Å². The highest BCUT2D eigenvalue weighted by Crippen LogP contribution is 2.22. The number of likely N-dealkylation sites (tertiary alicyclic amines) is 1. The number of benzene rings is 1. The van der Waals surface area contributed by atoms with E-state index in [-0.39, 0.29) is 12.5 Å². The summed E-state index contributed by atoms with van der Waals surface area (Å²) in [7, 11) is 0. The lowest BCUT2D eigenvalue weighted by atomic mass is 9.94. The lowest BCUT2D eigenvalue weighted by Gasteiger charge is -2.35. The van der Waals surface area contributed by atoms with Crippen LogP contribution in [0.3, 0.4) is 0 Å². The largest absolute Gasteiger partial charge is 0.397 e. The van der Waals surface area contributed by atoms with Gasteiger partial charge < -0.3 is 16.2 Å². The zero-order valence-electron chi connectivity index (χ0n) is 11.5. The molecule has 2 rings (SSSR count). The summed E-state index contributed by atoms with van der Waals surface area (Å²) in [4.78, 5) is 13.9. The van der Waals surface area contributed by atoms with Crippen molar-refractivity contribution in [3.8, 4) is 0 Å². The van der Waals surface area contributed by atoms with Crippen molar-refractivity contribution in [1.82, 2.24) is 4.90 Å². The van der Waals surface area contributed by atoms with Crippen LogP contribution in [0.1, 0.15) is 19.8 Å². The number of nitrogens with two attached hydrogens (primary N) is 1. The number of carbonyl (C=O) groups is 1. The van der Waals surface area contributed by atoms with Crippen molar-refractivity contribution in [3.63, 3.8) is 0 Å². The number of halogens is 1. The Morgan fingerprint density at radius 1 is 1.50 bits per heavy atom. The van der Waals surface area contributed by atoms with E-state index in [1.807, 2.05) is 4.90 Å². The molecule has 0 aliphatic carbocycles. The number of anilines is 2. The SMILES string of the molecule is CC1(O)CCN(CC(=O)Nc2cc(F)ccc2N)CC1. The van der Waals surface area contributed by atoms with Gasteiger partial charge in [0.2, 0.25) is 5.91 Å². The molecular weight excluding hydrogens is 261 g/mol. The summed E-state index contributed by atoms with van der Waals surface area (Å²) in [6.07, 6.45) is 1.28. The Hall–Kier alpha value is -1.66. The molecule has 1 saturated heterocycles. The van der Waals surface area contributed by atoms with Crippen molar-refractivity contribution in [2.24, 2.45) is 0 Å². The molecule has 0 spiro atoms. The highest BCUT2D eigenvalue weighted by atomic mass is 19.1. The Kier molecular flexibility index (Phi) is 4.25. The van der Waals surface area contributed by atoms with E-state index in [2.05, 4.69) is 5.32 Å². The third-order valence-electron chi connectivity index (χ3n) is 3.59. The third-order valence-corrected chi connectivity index (χ3v) is 3.59. The van der Waals surface area contributed by atoms with Gasteiger partial charge in [-0.05, 0) is 38.0 Å². The van der Waals surface area contributed by atoms with Gasteiger partial charge in [0.1, 0.15) is 5.82 Å². The highest BCUT2D eigenvalue weighted by Gasteiger charge is 2.28. The molecule has 1 heterocycles. The number of piperidine rings is 1. The lowest BCUT2D eigenvalue weighted by Crippen LogP contribution is -2.45. The van der Waals surface area contributed by atoms with Gasteiger partial charge in [-0.15, -0.1) is 0 Å². The average molecular weight is 281 g/mol. The van der Waals surface area contributed by atoms with Crippen molar-refractivity contribution >= 4 is 17.3 Å². The molecule has 1 aliphatic rings. The molecular formula is C14H20FN3O2. The van der Waals surface area contributed by atoms with Gasteiger partial charge in [0.15, 0.2) is 0 Å². The zero-order valence-corrected chi connectivity index (χ0v) is 11.5. The maximum atomic E-state index is 13.1. The molecule has 0 aromatic heterocycles. The van der Waals surface area contributed by atoms with Crippen LogP contribution >= 0.6 is 0 Å². The van der Waals surface area contributed by atoms with E-state index in [4.69, 9.17) is 5.73 Å². The summed E-state index contributed by atoms with van der Waals surface area (Å²) in [6.45, 7) is 3.35. The Morgan fingerprint density at radius 2 is 2.15 bits per heavy atom. The second-order valence-electron chi connectivity index (χ2n) is 5.55. The van der Waals surface area contributed by atoms with Crippen LogP contribution in [0.2, 0.25) is 0 Å². The molecule has 1 fully saturated rings. The van der Waals surface area contributed by atoms with Crippen LogP contribution in [0.25, 0.3) is 0 Å². The predicted octanol–water partition coefficient (Wildman–Crippen LogP) is 1.19. The standard InChI is InChI=1S/C14H20FN3O2/c1-14(20)4-6-18(7-5-14)9-13(19)17-12-8-10(15)2-3-11(12)16/h2-3,8,20H,4-7,9,16H2,1H3,(H,17,19). The zero-order chi connectivity index (χ0) is 14.8. The van der Waals surface area contributed by atoms with Gasteiger partial charge >= 0.3 is 0 Å². The van der Waals surface area contributed by atoms with Gasteiger partial charge in [-0.2, -0.15) is 0 Å². The van der Waals surface area contributed by atoms with Crippen LogP contribution in [0.5, 0.6) is 0 Å². The van der Waals surface area contributed by atoms with E-state index in [9.17, 15) is 14.3 Å². The number of amides is 1. The van der Waals surface area contributed by atoms with E-state index in [1.54, 1.807) is 6.92 Å². The molecule has 1 aromatic rings. The third kappa shape index (κ3) is 3.91. The fourth-order valence-electron chi connectivity index (χ4n) is 2.22. The van der Waals surface area contributed by atoms with Gasteiger partial charge in [-0.1, -0.05) is 0 Å². The normalized spacial score (nSPS) is 18.8. The van der Waals surface area contributed by atoms with Crippen LogP contribution in [-0.2, 0) is 4.79 Å². The maximum Gasteiger partial charge on any atom is 0.238 e. The minimum Gasteiger partial charge on any atom is -0.397 e. The monoisotopic (exact) mass is 281 g/mol. The first-order valence-electron chi connectivity index (χ1n) is 6.65. The number of nitrogen functional groups attached to an aromatic ring is 1. The van der Waals surface area contributed by atoms with Crippen molar-refractivity contribution in [3.05, 3.63) is 24.0 Å². The second kappa shape index (κ2) is 5.76. The van der Waals surface area contributed by atoms with Crippen LogP contribution < -0.4 is 11.1 Å². The van der Waals surface area contributed by atoms with Crippen LogP contribution in [0.15, 0.2) is 18.2 Å². The van der Waals surface area contributed by atoms with Gasteiger partial charge in [0, 0.05) is 13.1 Å². The average Bonchev–Trinajstić information content (AvgIpc) is 2.36. The van der Waals surface area contributed by atoms with E-state index >= 15 is 0 Å². The Morgan fingerprint density at radius 3 is 2.80 bits per heavy atom. The Labute approximate surface area is 117 Å². The van der Waals surface area contributed by atoms with Crippen molar-refractivity contribution in [2.45, 2.75) is 25.4 Å². The molecule has 0 saturated carbocycles. The first kappa shape index (κ1) is 14.7. The number of nitrogens with zero attached hydrogens (tertiary/aromatic N) is 1. The molecule has 1 aromatic carbocycles. The molecule has 1 amide bonds. The highest BCUT2D eigenvalue weighted by molar-refractivity contribution is 5.95. The Bertz CT molecular complexity index is 495. The molecule has 6 heteroatoms. The molecule has 0 bridgehead atoms. The van der Waals surface area contributed by atoms with Gasteiger partial charge in [0.05, 0.1) is 23.5 Å². The van der Waals surface area contributed by atoms with E-state index < -0.39 is 11.4 Å². The predicted molar refractivity (Wildman–Crippen MR) is 75.7 cm³/mol. The molecule has 20 heavy (non-hydrogen) atoms. The van der Waals surface area contributed by atoms with Gasteiger partial charge in [0.25, 0.3) is 0 Å². The summed E-state index contributed by atoms with van der Waals surface area (Å²) in [5, 5.41) is 12.5. The van der Waals surface area contributed by atoms with Crippen LogP contribution in [-0.4, -0.2) is 41.1 Å². The number of aliphatic hydroxyl groups is 1. The quantitative estimate of drug-likeness (QED) is 0.727. The molecule has 0 atom stereocenters. The van der Waals surface area contributed by atoms with E-state index in [1.165, 1.54) is 18.2 Å². The van der Waals surface area contributed by atoms with E-state index in [0.717, 1.165) is 0 Å². The molecule has 5 nitrogen and oxygen atoms in total. The first-order chi connectivity index (χ1) is 9.35. The number of hydrogen-bond acceptors (Lipinski definition) is 4. The van der Waals surface area contributed by atoms with Crippen molar-refractivity contribution in [2.75, 3.05) is 30.7 Å². The minimum atomic E-state index is -0.639. The summed E-state index contributed by atoms with van der Waals surface area (Å²) in [6, 6.07) is 3.87. The molecule has 0 radical (unpaired) electrons. The number of hydrogen-bond donors (Lipinski definition) is 3. The molecule has 110 valence electrons. The number of nitrogens with one attached hydrogen (secondary N) is 1. The first-order valence-corrected chi connectivity index (χ1v) is 6.65. The number of carbonyl (C=O) groups excluding carboxylic acids is 1. The molecule has 0 unspecified atom stereocenters. The summed E-state index contributed by atoms with van der Waals surface area (Å²) < 4.78 is 13.1. The van der Waals surface area contributed by atoms with Gasteiger partial charge in [-0.3, -0.25) is 9.69 Å². The maximum absolute atomic E-state index is 13.1. The topological polar surface area (TPSA) is 78.6 Å². The fourth-order valence-corrected chi connectivity index (χ4v) is 2.22. The lowest BCUT2D eigenvalue weighted by molar-refractivity contribution is -0.118. The Balaban J connectivity index is 1.88. The van der Waals surface area contributed by atoms with E-state index in [0.29, 0.717) is 37.3 Å². The minimum absolute atomic E-state index is 0.214. The summed E-state index contributed by atoms with van der Waals surface area (Å²) in [5.41, 5.74) is 5.66. The van der Waals surface area contributed by atoms with Crippen LogP contribution in [0.4, 0.5) is 15.8 Å².